The second-order valence-corrected chi connectivity index (χ2v) is 4.17. The standard InChI is InChI=1S/C13H18N2O4/c1-15(8-12(18)14-7-11(17)9-16)13(19)10-5-3-2-4-6-10/h2-6,11,16-17H,7-9H2,1H3,(H,14,18). The van der Waals surface area contributed by atoms with Crippen LogP contribution in [0.5, 0.6) is 0 Å². The van der Waals surface area contributed by atoms with E-state index in [1.54, 1.807) is 30.3 Å². The van der Waals surface area contributed by atoms with Crippen molar-refractivity contribution in [2.24, 2.45) is 0 Å². The summed E-state index contributed by atoms with van der Waals surface area (Å²) < 4.78 is 0. The van der Waals surface area contributed by atoms with Gasteiger partial charge in [-0.25, -0.2) is 0 Å². The number of rotatable bonds is 6. The van der Waals surface area contributed by atoms with Crippen molar-refractivity contribution < 1.29 is 19.8 Å². The van der Waals surface area contributed by atoms with Crippen molar-refractivity contribution in [2.45, 2.75) is 6.10 Å². The van der Waals surface area contributed by atoms with Gasteiger partial charge in [0.15, 0.2) is 0 Å². The normalized spacial score (nSPS) is 11.7. The first-order valence-electron chi connectivity index (χ1n) is 5.90. The summed E-state index contributed by atoms with van der Waals surface area (Å²) in [5.41, 5.74) is 0.508. The van der Waals surface area contributed by atoms with E-state index in [1.807, 2.05) is 0 Å². The summed E-state index contributed by atoms with van der Waals surface area (Å²) in [6.07, 6.45) is -0.987. The molecule has 0 heterocycles. The van der Waals surface area contributed by atoms with E-state index < -0.39 is 12.7 Å². The van der Waals surface area contributed by atoms with E-state index in [0.29, 0.717) is 5.56 Å². The summed E-state index contributed by atoms with van der Waals surface area (Å²) in [5.74, 6) is -0.641. The average Bonchev–Trinajstić information content (AvgIpc) is 2.44. The number of hydrogen-bond acceptors (Lipinski definition) is 4. The maximum atomic E-state index is 11.9. The average molecular weight is 266 g/mol. The molecule has 0 aliphatic rings. The van der Waals surface area contributed by atoms with Gasteiger partial charge in [0, 0.05) is 19.2 Å². The predicted molar refractivity (Wildman–Crippen MR) is 69.5 cm³/mol. The third kappa shape index (κ3) is 5.07. The fraction of sp³-hybridized carbons (Fsp3) is 0.385. The highest BCUT2D eigenvalue weighted by atomic mass is 16.3. The third-order valence-corrected chi connectivity index (χ3v) is 2.49. The highest BCUT2D eigenvalue weighted by Gasteiger charge is 2.14. The molecular weight excluding hydrogens is 248 g/mol. The van der Waals surface area contributed by atoms with E-state index in [2.05, 4.69) is 5.32 Å². The minimum atomic E-state index is -0.987. The lowest BCUT2D eigenvalue weighted by atomic mass is 10.2. The van der Waals surface area contributed by atoms with Crippen molar-refractivity contribution >= 4 is 11.8 Å². The molecule has 6 heteroatoms. The Hall–Kier alpha value is -1.92. The lowest BCUT2D eigenvalue weighted by Gasteiger charge is -2.17. The predicted octanol–water partition coefficient (Wildman–Crippen LogP) is -0.772. The van der Waals surface area contributed by atoms with Crippen molar-refractivity contribution in [3.8, 4) is 0 Å². The molecule has 1 aromatic carbocycles. The quantitative estimate of drug-likeness (QED) is 0.630. The van der Waals surface area contributed by atoms with Gasteiger partial charge in [-0.3, -0.25) is 9.59 Å². The highest BCUT2D eigenvalue weighted by Crippen LogP contribution is 2.02. The van der Waals surface area contributed by atoms with E-state index in [4.69, 9.17) is 10.2 Å². The number of carbonyl (C=O) groups is 2. The minimum Gasteiger partial charge on any atom is -0.394 e. The number of hydrogen-bond donors (Lipinski definition) is 3. The van der Waals surface area contributed by atoms with E-state index in [9.17, 15) is 9.59 Å². The first-order valence-corrected chi connectivity index (χ1v) is 5.90. The Bertz CT molecular complexity index is 422. The Kier molecular flexibility index (Phi) is 5.98. The summed E-state index contributed by atoms with van der Waals surface area (Å²) in [6, 6.07) is 8.65. The van der Waals surface area contributed by atoms with Gasteiger partial charge in [-0.2, -0.15) is 0 Å². The van der Waals surface area contributed by atoms with Crippen LogP contribution < -0.4 is 5.32 Å². The van der Waals surface area contributed by atoms with Gasteiger partial charge in [0.05, 0.1) is 19.3 Å². The van der Waals surface area contributed by atoms with Crippen molar-refractivity contribution in [1.82, 2.24) is 10.2 Å². The molecule has 0 aliphatic heterocycles. The SMILES string of the molecule is CN(CC(=O)NCC(O)CO)C(=O)c1ccccc1. The van der Waals surface area contributed by atoms with Crippen LogP contribution in [0.3, 0.4) is 0 Å². The van der Waals surface area contributed by atoms with Crippen LogP contribution in [0.2, 0.25) is 0 Å². The Morgan fingerprint density at radius 3 is 2.53 bits per heavy atom. The van der Waals surface area contributed by atoms with E-state index in [0.717, 1.165) is 0 Å². The Morgan fingerprint density at radius 1 is 1.32 bits per heavy atom. The summed E-state index contributed by atoms with van der Waals surface area (Å²) in [5, 5.41) is 20.1. The van der Waals surface area contributed by atoms with Gasteiger partial charge in [0.1, 0.15) is 0 Å². The summed E-state index contributed by atoms with van der Waals surface area (Å²) >= 11 is 0. The second kappa shape index (κ2) is 7.50. The molecule has 0 fully saturated rings. The van der Waals surface area contributed by atoms with E-state index >= 15 is 0 Å². The largest absolute Gasteiger partial charge is 0.394 e. The smallest absolute Gasteiger partial charge is 0.254 e. The van der Waals surface area contributed by atoms with Crippen LogP contribution in [0.1, 0.15) is 10.4 Å². The van der Waals surface area contributed by atoms with E-state index in [-0.39, 0.29) is 24.9 Å². The van der Waals surface area contributed by atoms with Crippen LogP contribution in [0.4, 0.5) is 0 Å². The topological polar surface area (TPSA) is 89.9 Å². The summed E-state index contributed by atoms with van der Waals surface area (Å²) in [7, 11) is 1.53. The maximum Gasteiger partial charge on any atom is 0.254 e. The van der Waals surface area contributed by atoms with Crippen molar-refractivity contribution in [2.75, 3.05) is 26.7 Å². The molecule has 0 saturated heterocycles. The van der Waals surface area contributed by atoms with Crippen molar-refractivity contribution in [1.29, 1.82) is 0 Å². The molecule has 0 spiro atoms. The minimum absolute atomic E-state index is 0.0390. The summed E-state index contributed by atoms with van der Waals surface area (Å²) in [4.78, 5) is 24.7. The first-order chi connectivity index (χ1) is 9.04. The molecule has 2 amide bonds. The molecular formula is C13H18N2O4. The van der Waals surface area contributed by atoms with Gasteiger partial charge in [-0.05, 0) is 12.1 Å². The van der Waals surface area contributed by atoms with Crippen LogP contribution in [-0.4, -0.2) is 59.8 Å². The fourth-order valence-electron chi connectivity index (χ4n) is 1.44. The van der Waals surface area contributed by atoms with Crippen LogP contribution in [-0.2, 0) is 4.79 Å². The lowest BCUT2D eigenvalue weighted by Crippen LogP contribution is -2.41. The lowest BCUT2D eigenvalue weighted by molar-refractivity contribution is -0.122. The second-order valence-electron chi connectivity index (χ2n) is 4.17. The van der Waals surface area contributed by atoms with Crippen LogP contribution in [0.25, 0.3) is 0 Å². The molecule has 1 rings (SSSR count). The number of nitrogens with zero attached hydrogens (tertiary/aromatic N) is 1. The monoisotopic (exact) mass is 266 g/mol. The van der Waals surface area contributed by atoms with Crippen molar-refractivity contribution in [3.05, 3.63) is 35.9 Å². The molecule has 0 radical (unpaired) electrons. The molecule has 1 aromatic rings. The zero-order valence-electron chi connectivity index (χ0n) is 10.7. The Morgan fingerprint density at radius 2 is 1.95 bits per heavy atom. The zero-order chi connectivity index (χ0) is 14.3. The maximum absolute atomic E-state index is 11.9. The van der Waals surface area contributed by atoms with Gasteiger partial charge in [0.25, 0.3) is 5.91 Å². The molecule has 0 aromatic heterocycles. The van der Waals surface area contributed by atoms with E-state index in [1.165, 1.54) is 11.9 Å². The molecule has 0 bridgehead atoms. The number of carbonyl (C=O) groups excluding carboxylic acids is 2. The Labute approximate surface area is 111 Å². The third-order valence-electron chi connectivity index (χ3n) is 2.49. The summed E-state index contributed by atoms with van der Waals surface area (Å²) in [6.45, 7) is -0.562. The van der Waals surface area contributed by atoms with Gasteiger partial charge in [0.2, 0.25) is 5.91 Å². The molecule has 3 N–H and O–H groups in total. The van der Waals surface area contributed by atoms with Gasteiger partial charge >= 0.3 is 0 Å². The molecule has 0 saturated carbocycles. The molecule has 19 heavy (non-hydrogen) atoms. The van der Waals surface area contributed by atoms with Gasteiger partial charge < -0.3 is 20.4 Å². The fourth-order valence-corrected chi connectivity index (χ4v) is 1.44. The Balaban J connectivity index is 2.44. The van der Waals surface area contributed by atoms with Gasteiger partial charge in [-0.15, -0.1) is 0 Å². The number of nitrogens with one attached hydrogen (secondary N) is 1. The number of amides is 2. The van der Waals surface area contributed by atoms with Crippen molar-refractivity contribution in [3.63, 3.8) is 0 Å². The van der Waals surface area contributed by atoms with Gasteiger partial charge in [-0.1, -0.05) is 18.2 Å². The molecule has 1 atom stereocenters. The zero-order valence-corrected chi connectivity index (χ0v) is 10.7. The highest BCUT2D eigenvalue weighted by molar-refractivity contribution is 5.96. The number of likely N-dealkylation sites (N-methyl/N-ethyl adjacent to an activating group) is 1. The number of benzene rings is 1. The molecule has 1 unspecified atom stereocenters. The molecule has 104 valence electrons. The number of aliphatic hydroxyl groups excluding tert-OH is 2. The number of aliphatic hydroxyl groups is 2. The van der Waals surface area contributed by atoms with Crippen LogP contribution >= 0.6 is 0 Å². The molecule has 0 aliphatic carbocycles. The van der Waals surface area contributed by atoms with Crippen LogP contribution in [0.15, 0.2) is 30.3 Å². The first kappa shape index (κ1) is 15.1. The van der Waals surface area contributed by atoms with Crippen LogP contribution in [0, 0.1) is 0 Å². The molecule has 6 nitrogen and oxygen atoms in total.